The molecule has 0 fully saturated rings. The molecular formula is C16H23NO3. The van der Waals surface area contributed by atoms with Gasteiger partial charge in [0.2, 0.25) is 5.75 Å². The van der Waals surface area contributed by atoms with Crippen molar-refractivity contribution < 1.29 is 14.2 Å². The van der Waals surface area contributed by atoms with Crippen molar-refractivity contribution in [3.8, 4) is 23.3 Å². The van der Waals surface area contributed by atoms with Gasteiger partial charge in [-0.2, -0.15) is 5.26 Å². The Bertz CT molecular complexity index is 452. The highest BCUT2D eigenvalue weighted by atomic mass is 16.5. The number of nitrogens with zero attached hydrogens (tertiary/aromatic N) is 1. The van der Waals surface area contributed by atoms with E-state index in [9.17, 15) is 0 Å². The first kappa shape index (κ1) is 16.2. The van der Waals surface area contributed by atoms with Crippen LogP contribution in [0, 0.1) is 11.3 Å². The monoisotopic (exact) mass is 277 g/mol. The fourth-order valence-electron chi connectivity index (χ4n) is 1.99. The van der Waals surface area contributed by atoms with E-state index in [0.29, 0.717) is 37.7 Å². The normalized spacial score (nSPS) is 9.90. The second kappa shape index (κ2) is 9.08. The second-order valence-electron chi connectivity index (χ2n) is 4.19. The molecule has 0 aromatic heterocycles. The Morgan fingerprint density at radius 1 is 0.950 bits per heavy atom. The van der Waals surface area contributed by atoms with Crippen molar-refractivity contribution in [3.63, 3.8) is 0 Å². The SMILES string of the molecule is CCOc1ccc(CCCC#N)c(OCC)c1OCC. The van der Waals surface area contributed by atoms with Gasteiger partial charge in [0.15, 0.2) is 11.5 Å². The van der Waals surface area contributed by atoms with E-state index in [4.69, 9.17) is 19.5 Å². The molecule has 0 aliphatic carbocycles. The van der Waals surface area contributed by atoms with E-state index in [1.54, 1.807) is 0 Å². The summed E-state index contributed by atoms with van der Waals surface area (Å²) in [5, 5.41) is 8.64. The molecule has 0 aliphatic rings. The maximum absolute atomic E-state index is 8.64. The fourth-order valence-corrected chi connectivity index (χ4v) is 1.99. The lowest BCUT2D eigenvalue weighted by Gasteiger charge is -2.18. The molecule has 0 unspecified atom stereocenters. The Kier molecular flexibility index (Phi) is 7.34. The van der Waals surface area contributed by atoms with Crippen LogP contribution in [0.15, 0.2) is 12.1 Å². The Morgan fingerprint density at radius 2 is 1.60 bits per heavy atom. The summed E-state index contributed by atoms with van der Waals surface area (Å²) in [7, 11) is 0. The lowest BCUT2D eigenvalue weighted by molar-refractivity contribution is 0.259. The van der Waals surface area contributed by atoms with Crippen molar-refractivity contribution in [2.75, 3.05) is 19.8 Å². The van der Waals surface area contributed by atoms with Crippen molar-refractivity contribution >= 4 is 0 Å². The zero-order valence-corrected chi connectivity index (χ0v) is 12.6. The van der Waals surface area contributed by atoms with Crippen LogP contribution in [-0.2, 0) is 6.42 Å². The molecule has 0 heterocycles. The first-order chi connectivity index (χ1) is 9.78. The highest BCUT2D eigenvalue weighted by Crippen LogP contribution is 2.41. The summed E-state index contributed by atoms with van der Waals surface area (Å²) in [4.78, 5) is 0. The van der Waals surface area contributed by atoms with Crippen molar-refractivity contribution in [1.29, 1.82) is 5.26 Å². The van der Waals surface area contributed by atoms with Crippen molar-refractivity contribution in [1.82, 2.24) is 0 Å². The Balaban J connectivity index is 3.10. The Hall–Kier alpha value is -1.89. The molecule has 0 radical (unpaired) electrons. The van der Waals surface area contributed by atoms with Crippen LogP contribution >= 0.6 is 0 Å². The summed E-state index contributed by atoms with van der Waals surface area (Å²) in [5.41, 5.74) is 1.06. The average Bonchev–Trinajstić information content (AvgIpc) is 2.45. The average molecular weight is 277 g/mol. The molecule has 4 heteroatoms. The predicted molar refractivity (Wildman–Crippen MR) is 78.5 cm³/mol. The Labute approximate surface area is 121 Å². The molecule has 0 bridgehead atoms. The number of ether oxygens (including phenoxy) is 3. The minimum absolute atomic E-state index is 0.544. The number of unbranched alkanes of at least 4 members (excludes halogenated alkanes) is 1. The zero-order chi connectivity index (χ0) is 14.8. The molecule has 20 heavy (non-hydrogen) atoms. The molecule has 0 atom stereocenters. The van der Waals surface area contributed by atoms with Crippen LogP contribution in [0.5, 0.6) is 17.2 Å². The third-order valence-electron chi connectivity index (χ3n) is 2.77. The molecule has 0 N–H and O–H groups in total. The number of hydrogen-bond acceptors (Lipinski definition) is 4. The third-order valence-corrected chi connectivity index (χ3v) is 2.77. The van der Waals surface area contributed by atoms with E-state index in [1.165, 1.54) is 0 Å². The van der Waals surface area contributed by atoms with E-state index >= 15 is 0 Å². The van der Waals surface area contributed by atoms with Gasteiger partial charge in [-0.15, -0.1) is 0 Å². The van der Waals surface area contributed by atoms with E-state index < -0.39 is 0 Å². The summed E-state index contributed by atoms with van der Waals surface area (Å²) < 4.78 is 17.1. The lowest BCUT2D eigenvalue weighted by Crippen LogP contribution is -2.05. The highest BCUT2D eigenvalue weighted by molar-refractivity contribution is 5.56. The van der Waals surface area contributed by atoms with Crippen LogP contribution in [0.2, 0.25) is 0 Å². The molecule has 4 nitrogen and oxygen atoms in total. The topological polar surface area (TPSA) is 51.5 Å². The van der Waals surface area contributed by atoms with Crippen LogP contribution in [0.1, 0.15) is 39.2 Å². The van der Waals surface area contributed by atoms with E-state index in [2.05, 4.69) is 6.07 Å². The van der Waals surface area contributed by atoms with Gasteiger partial charge in [0.1, 0.15) is 0 Å². The minimum Gasteiger partial charge on any atom is -0.490 e. The molecule has 0 spiro atoms. The molecular weight excluding hydrogens is 254 g/mol. The predicted octanol–water partition coefficient (Wildman–Crippen LogP) is 3.73. The van der Waals surface area contributed by atoms with Crippen molar-refractivity contribution in [2.45, 2.75) is 40.0 Å². The van der Waals surface area contributed by atoms with Gasteiger partial charge >= 0.3 is 0 Å². The maximum Gasteiger partial charge on any atom is 0.203 e. The Morgan fingerprint density at radius 3 is 2.20 bits per heavy atom. The fraction of sp³-hybridized carbons (Fsp3) is 0.562. The van der Waals surface area contributed by atoms with Crippen molar-refractivity contribution in [2.24, 2.45) is 0 Å². The van der Waals surface area contributed by atoms with Gasteiger partial charge in [-0.1, -0.05) is 6.07 Å². The molecule has 0 amide bonds. The number of nitriles is 1. The van der Waals surface area contributed by atoms with Crippen LogP contribution < -0.4 is 14.2 Å². The molecule has 0 saturated heterocycles. The first-order valence-electron chi connectivity index (χ1n) is 7.19. The molecule has 0 saturated carbocycles. The minimum atomic E-state index is 0.544. The van der Waals surface area contributed by atoms with Gasteiger partial charge in [-0.3, -0.25) is 0 Å². The second-order valence-corrected chi connectivity index (χ2v) is 4.19. The zero-order valence-electron chi connectivity index (χ0n) is 12.6. The number of benzene rings is 1. The van der Waals surface area contributed by atoms with Gasteiger partial charge < -0.3 is 14.2 Å². The van der Waals surface area contributed by atoms with Gasteiger partial charge in [-0.25, -0.2) is 0 Å². The summed E-state index contributed by atoms with van der Waals surface area (Å²) in [5.74, 6) is 2.13. The van der Waals surface area contributed by atoms with E-state index in [0.717, 1.165) is 24.2 Å². The van der Waals surface area contributed by atoms with Crippen LogP contribution in [0.25, 0.3) is 0 Å². The van der Waals surface area contributed by atoms with Gasteiger partial charge in [0, 0.05) is 6.42 Å². The van der Waals surface area contributed by atoms with Crippen LogP contribution in [-0.4, -0.2) is 19.8 Å². The molecule has 1 aromatic rings. The van der Waals surface area contributed by atoms with Gasteiger partial charge in [0.05, 0.1) is 25.9 Å². The van der Waals surface area contributed by atoms with Crippen LogP contribution in [0.4, 0.5) is 0 Å². The van der Waals surface area contributed by atoms with Crippen molar-refractivity contribution in [3.05, 3.63) is 17.7 Å². The number of hydrogen-bond donors (Lipinski definition) is 0. The molecule has 1 rings (SSSR count). The summed E-state index contributed by atoms with van der Waals surface area (Å²) in [6.07, 6.45) is 2.16. The highest BCUT2D eigenvalue weighted by Gasteiger charge is 2.16. The lowest BCUT2D eigenvalue weighted by atomic mass is 10.1. The third kappa shape index (κ3) is 4.34. The smallest absolute Gasteiger partial charge is 0.203 e. The van der Waals surface area contributed by atoms with Crippen LogP contribution in [0.3, 0.4) is 0 Å². The number of rotatable bonds is 9. The molecule has 0 aliphatic heterocycles. The summed E-state index contributed by atoms with van der Waals surface area (Å²) in [6, 6.07) is 6.08. The van der Waals surface area contributed by atoms with Gasteiger partial charge in [0.25, 0.3) is 0 Å². The van der Waals surface area contributed by atoms with E-state index in [1.807, 2.05) is 32.9 Å². The quantitative estimate of drug-likeness (QED) is 0.645. The molecule has 110 valence electrons. The summed E-state index contributed by atoms with van der Waals surface area (Å²) in [6.45, 7) is 7.54. The largest absolute Gasteiger partial charge is 0.490 e. The first-order valence-corrected chi connectivity index (χ1v) is 7.19. The van der Waals surface area contributed by atoms with Gasteiger partial charge in [-0.05, 0) is 45.2 Å². The number of aryl methyl sites for hydroxylation is 1. The molecule has 1 aromatic carbocycles. The standard InChI is InChI=1S/C16H23NO3/c1-4-18-14-11-10-13(9-7-8-12-17)15(19-5-2)16(14)20-6-3/h10-11H,4-9H2,1-3H3. The maximum atomic E-state index is 8.64. The summed E-state index contributed by atoms with van der Waals surface area (Å²) >= 11 is 0. The van der Waals surface area contributed by atoms with E-state index in [-0.39, 0.29) is 0 Å².